The summed E-state index contributed by atoms with van der Waals surface area (Å²) in [5.41, 5.74) is 1.23. The van der Waals surface area contributed by atoms with Gasteiger partial charge in [-0.2, -0.15) is 0 Å². The van der Waals surface area contributed by atoms with Crippen molar-refractivity contribution < 1.29 is 23.6 Å². The highest BCUT2D eigenvalue weighted by molar-refractivity contribution is 9.10. The topological polar surface area (TPSA) is 72.6 Å². The first kappa shape index (κ1) is 14.5. The number of halogens is 2. The molecule has 20 heavy (non-hydrogen) atoms. The van der Waals surface area contributed by atoms with Crippen LogP contribution >= 0.6 is 15.9 Å². The Morgan fingerprint density at radius 2 is 2.15 bits per heavy atom. The van der Waals surface area contributed by atoms with Gasteiger partial charge in [0.05, 0.1) is 18.0 Å². The van der Waals surface area contributed by atoms with E-state index in [0.29, 0.717) is 15.9 Å². The van der Waals surface area contributed by atoms with Crippen LogP contribution in [0.5, 0.6) is 5.75 Å². The van der Waals surface area contributed by atoms with Gasteiger partial charge in [-0.25, -0.2) is 9.18 Å². The summed E-state index contributed by atoms with van der Waals surface area (Å²) in [5.74, 6) is -0.673. The van der Waals surface area contributed by atoms with Crippen molar-refractivity contribution in [1.29, 1.82) is 0 Å². The molecule has 0 aliphatic rings. The van der Waals surface area contributed by atoms with Crippen LogP contribution in [0.3, 0.4) is 0 Å². The van der Waals surface area contributed by atoms with Crippen molar-refractivity contribution in [3.05, 3.63) is 34.5 Å². The van der Waals surface area contributed by atoms with Crippen molar-refractivity contribution in [2.75, 3.05) is 7.11 Å². The Labute approximate surface area is 122 Å². The van der Waals surface area contributed by atoms with Crippen molar-refractivity contribution in [1.82, 2.24) is 5.16 Å². The van der Waals surface area contributed by atoms with Crippen LogP contribution in [0.15, 0.2) is 33.3 Å². The predicted molar refractivity (Wildman–Crippen MR) is 72.4 cm³/mol. The molecule has 1 heterocycles. The molecule has 106 valence electrons. The highest BCUT2D eigenvalue weighted by atomic mass is 79.9. The van der Waals surface area contributed by atoms with Gasteiger partial charge in [-0.3, -0.25) is 0 Å². The smallest absolute Gasteiger partial charge is 0.338 e. The lowest BCUT2D eigenvalue weighted by atomic mass is 10.1. The molecule has 0 spiro atoms. The lowest BCUT2D eigenvalue weighted by Gasteiger charge is -2.01. The maximum atomic E-state index is 13.2. The number of methoxy groups -OCH3 is 1. The van der Waals surface area contributed by atoms with E-state index in [9.17, 15) is 9.18 Å². The van der Waals surface area contributed by atoms with Crippen LogP contribution in [0.4, 0.5) is 4.39 Å². The SMILES string of the molecule is COc1ccc(-c2noc(CC(F)C(=O)O)c2Br)cc1. The number of hydrogen-bond donors (Lipinski definition) is 1. The summed E-state index contributed by atoms with van der Waals surface area (Å²) in [7, 11) is 1.56. The molecule has 2 aromatic rings. The first-order chi connectivity index (χ1) is 9.52. The molecule has 0 saturated carbocycles. The number of ether oxygens (including phenoxy) is 1. The van der Waals surface area contributed by atoms with Crippen molar-refractivity contribution >= 4 is 21.9 Å². The number of rotatable bonds is 5. The largest absolute Gasteiger partial charge is 0.497 e. The molecule has 2 rings (SSSR count). The third kappa shape index (κ3) is 2.98. The van der Waals surface area contributed by atoms with Crippen LogP contribution < -0.4 is 4.74 Å². The zero-order valence-electron chi connectivity index (χ0n) is 10.5. The fraction of sp³-hybridized carbons (Fsp3) is 0.231. The molecule has 0 aliphatic carbocycles. The van der Waals surface area contributed by atoms with E-state index < -0.39 is 12.1 Å². The Morgan fingerprint density at radius 1 is 1.50 bits per heavy atom. The van der Waals surface area contributed by atoms with E-state index in [1.54, 1.807) is 31.4 Å². The standard InChI is InChI=1S/C13H11BrFNO4/c1-19-8-4-2-7(3-5-8)12-11(14)10(20-16-12)6-9(15)13(17)18/h2-5,9H,6H2,1H3,(H,17,18). The Morgan fingerprint density at radius 3 is 2.70 bits per heavy atom. The van der Waals surface area contributed by atoms with E-state index in [4.69, 9.17) is 14.4 Å². The predicted octanol–water partition coefficient (Wildman–Crippen LogP) is 3.08. The third-order valence-electron chi connectivity index (χ3n) is 2.70. The highest BCUT2D eigenvalue weighted by Crippen LogP contribution is 2.32. The maximum Gasteiger partial charge on any atom is 0.338 e. The number of alkyl halides is 1. The van der Waals surface area contributed by atoms with E-state index in [-0.39, 0.29) is 12.2 Å². The number of carbonyl (C=O) groups is 1. The van der Waals surface area contributed by atoms with Crippen LogP contribution in [-0.2, 0) is 11.2 Å². The minimum atomic E-state index is -2.03. The number of carboxylic acid groups (broad SMARTS) is 1. The average molecular weight is 344 g/mol. The molecular weight excluding hydrogens is 333 g/mol. The van der Waals surface area contributed by atoms with Gasteiger partial charge >= 0.3 is 5.97 Å². The number of aliphatic carboxylic acids is 1. The fourth-order valence-corrected chi connectivity index (χ4v) is 2.15. The monoisotopic (exact) mass is 343 g/mol. The quantitative estimate of drug-likeness (QED) is 0.903. The van der Waals surface area contributed by atoms with E-state index in [0.717, 1.165) is 5.56 Å². The molecule has 7 heteroatoms. The fourth-order valence-electron chi connectivity index (χ4n) is 1.62. The van der Waals surface area contributed by atoms with Crippen LogP contribution in [0.25, 0.3) is 11.3 Å². The molecular formula is C13H11BrFNO4. The van der Waals surface area contributed by atoms with Gasteiger partial charge in [0.15, 0.2) is 5.76 Å². The molecule has 1 aromatic carbocycles. The van der Waals surface area contributed by atoms with E-state index >= 15 is 0 Å². The minimum Gasteiger partial charge on any atom is -0.497 e. The van der Waals surface area contributed by atoms with Crippen molar-refractivity contribution in [2.24, 2.45) is 0 Å². The summed E-state index contributed by atoms with van der Waals surface area (Å²) in [6.07, 6.45) is -2.40. The van der Waals surface area contributed by atoms with Gasteiger partial charge in [0.2, 0.25) is 6.17 Å². The molecule has 0 fully saturated rings. The normalized spacial score (nSPS) is 12.2. The second kappa shape index (κ2) is 6.04. The first-order valence-electron chi connectivity index (χ1n) is 5.68. The Bertz CT molecular complexity index is 611. The Kier molecular flexibility index (Phi) is 4.39. The molecule has 1 N–H and O–H groups in total. The number of nitrogens with zero attached hydrogens (tertiary/aromatic N) is 1. The van der Waals surface area contributed by atoms with Gasteiger partial charge in [0.1, 0.15) is 11.4 Å². The summed E-state index contributed by atoms with van der Waals surface area (Å²) in [5, 5.41) is 12.4. The zero-order chi connectivity index (χ0) is 14.7. The van der Waals surface area contributed by atoms with Crippen molar-refractivity contribution in [2.45, 2.75) is 12.6 Å². The summed E-state index contributed by atoms with van der Waals surface area (Å²) < 4.78 is 23.7. The summed E-state index contributed by atoms with van der Waals surface area (Å²) >= 11 is 3.25. The minimum absolute atomic E-state index is 0.158. The van der Waals surface area contributed by atoms with Crippen molar-refractivity contribution in [3.8, 4) is 17.0 Å². The molecule has 5 nitrogen and oxygen atoms in total. The highest BCUT2D eigenvalue weighted by Gasteiger charge is 2.23. The van der Waals surface area contributed by atoms with Crippen molar-refractivity contribution in [3.63, 3.8) is 0 Å². The van der Waals surface area contributed by atoms with Gasteiger partial charge in [0.25, 0.3) is 0 Å². The zero-order valence-corrected chi connectivity index (χ0v) is 12.1. The second-order valence-electron chi connectivity index (χ2n) is 4.01. The van der Waals surface area contributed by atoms with Gasteiger partial charge in [-0.05, 0) is 40.2 Å². The average Bonchev–Trinajstić information content (AvgIpc) is 2.80. The van der Waals surface area contributed by atoms with Crippen LogP contribution in [0.2, 0.25) is 0 Å². The summed E-state index contributed by atoms with van der Waals surface area (Å²) in [4.78, 5) is 10.5. The lowest BCUT2D eigenvalue weighted by Crippen LogP contribution is -2.16. The van der Waals surface area contributed by atoms with Gasteiger partial charge in [-0.1, -0.05) is 5.16 Å². The van der Waals surface area contributed by atoms with E-state index in [2.05, 4.69) is 21.1 Å². The van der Waals surface area contributed by atoms with Gasteiger partial charge in [0, 0.05) is 5.56 Å². The molecule has 0 bridgehead atoms. The third-order valence-corrected chi connectivity index (χ3v) is 3.51. The van der Waals surface area contributed by atoms with Gasteiger partial charge in [-0.15, -0.1) is 0 Å². The van der Waals surface area contributed by atoms with E-state index in [1.807, 2.05) is 0 Å². The molecule has 1 aromatic heterocycles. The van der Waals surface area contributed by atoms with Crippen LogP contribution in [0, 0.1) is 0 Å². The van der Waals surface area contributed by atoms with Crippen LogP contribution in [-0.4, -0.2) is 29.5 Å². The molecule has 0 aliphatic heterocycles. The molecule has 1 unspecified atom stereocenters. The molecule has 0 saturated heterocycles. The molecule has 1 atom stereocenters. The number of benzene rings is 1. The lowest BCUT2D eigenvalue weighted by molar-refractivity contribution is -0.142. The Hall–Kier alpha value is -1.89. The molecule has 0 radical (unpaired) electrons. The maximum absolute atomic E-state index is 13.2. The number of carboxylic acids is 1. The second-order valence-corrected chi connectivity index (χ2v) is 4.80. The summed E-state index contributed by atoms with van der Waals surface area (Å²) in [6, 6.07) is 7.06. The summed E-state index contributed by atoms with van der Waals surface area (Å²) in [6.45, 7) is 0. The Balaban J connectivity index is 2.25. The van der Waals surface area contributed by atoms with Gasteiger partial charge < -0.3 is 14.4 Å². The number of hydrogen-bond acceptors (Lipinski definition) is 4. The molecule has 0 amide bonds. The number of aromatic nitrogens is 1. The van der Waals surface area contributed by atoms with E-state index in [1.165, 1.54) is 0 Å². The van der Waals surface area contributed by atoms with Crippen LogP contribution in [0.1, 0.15) is 5.76 Å². The first-order valence-corrected chi connectivity index (χ1v) is 6.47.